The summed E-state index contributed by atoms with van der Waals surface area (Å²) in [7, 11) is 7.27. The fourth-order valence-electron chi connectivity index (χ4n) is 2.44. The molecule has 0 unspecified atom stereocenters. The molecule has 0 saturated carbocycles. The smallest absolute Gasteiger partial charge is 0.191 e. The second-order valence-electron chi connectivity index (χ2n) is 6.08. The number of halogens is 1. The van der Waals surface area contributed by atoms with E-state index in [2.05, 4.69) is 27.5 Å². The van der Waals surface area contributed by atoms with Gasteiger partial charge in [0.25, 0.3) is 0 Å². The number of ether oxygens (including phenoxy) is 2. The predicted octanol–water partition coefficient (Wildman–Crippen LogP) is 3.14. The minimum Gasteiger partial charge on any atom is -0.493 e. The molecule has 0 amide bonds. The van der Waals surface area contributed by atoms with Crippen molar-refractivity contribution >= 4 is 46.4 Å². The Labute approximate surface area is 188 Å². The van der Waals surface area contributed by atoms with Gasteiger partial charge in [0.15, 0.2) is 22.6 Å². The molecule has 28 heavy (non-hydrogen) atoms. The molecule has 2 aromatic rings. The number of anilines is 1. The number of guanidine groups is 1. The first-order chi connectivity index (χ1) is 13.1. The quantitative estimate of drug-likeness (QED) is 0.302. The number of thiazole rings is 1. The molecule has 9 heteroatoms. The summed E-state index contributed by atoms with van der Waals surface area (Å²) >= 11 is 1.63. The van der Waals surface area contributed by atoms with Crippen molar-refractivity contribution in [2.45, 2.75) is 19.9 Å². The second-order valence-corrected chi connectivity index (χ2v) is 6.91. The van der Waals surface area contributed by atoms with Gasteiger partial charge in [0.05, 0.1) is 26.5 Å². The molecule has 1 heterocycles. The van der Waals surface area contributed by atoms with Crippen LogP contribution in [-0.4, -0.2) is 52.3 Å². The summed E-state index contributed by atoms with van der Waals surface area (Å²) in [6, 6.07) is 5.98. The Morgan fingerprint density at radius 2 is 1.93 bits per heavy atom. The first kappa shape index (κ1) is 24.3. The summed E-state index contributed by atoms with van der Waals surface area (Å²) in [5.74, 6) is 2.28. The van der Waals surface area contributed by atoms with Crippen LogP contribution in [0.2, 0.25) is 0 Å². The zero-order chi connectivity index (χ0) is 19.6. The zero-order valence-electron chi connectivity index (χ0n) is 17.1. The molecule has 0 saturated heterocycles. The summed E-state index contributed by atoms with van der Waals surface area (Å²) in [6.45, 7) is 4.18. The van der Waals surface area contributed by atoms with E-state index in [4.69, 9.17) is 9.47 Å². The highest BCUT2D eigenvalue weighted by atomic mass is 127. The molecule has 7 nitrogen and oxygen atoms in total. The van der Waals surface area contributed by atoms with Crippen LogP contribution in [0, 0.1) is 0 Å². The maximum absolute atomic E-state index is 5.36. The SMILES string of the molecule is CCNC(=NCc1csc(N(C)C)n1)NCCc1ccc(OC)c(OC)c1.I. The van der Waals surface area contributed by atoms with E-state index in [0.717, 1.165) is 47.8 Å². The fourth-order valence-corrected chi connectivity index (χ4v) is 3.19. The highest BCUT2D eigenvalue weighted by Gasteiger charge is 2.06. The summed E-state index contributed by atoms with van der Waals surface area (Å²) in [5.41, 5.74) is 2.15. The number of aromatic nitrogens is 1. The normalized spacial score (nSPS) is 10.8. The maximum Gasteiger partial charge on any atom is 0.191 e. The van der Waals surface area contributed by atoms with Crippen LogP contribution in [0.25, 0.3) is 0 Å². The van der Waals surface area contributed by atoms with E-state index >= 15 is 0 Å². The molecule has 0 aliphatic rings. The molecule has 0 aliphatic carbocycles. The van der Waals surface area contributed by atoms with E-state index in [1.165, 1.54) is 5.56 Å². The van der Waals surface area contributed by atoms with Gasteiger partial charge >= 0.3 is 0 Å². The van der Waals surface area contributed by atoms with Crippen molar-refractivity contribution in [1.82, 2.24) is 15.6 Å². The predicted molar refractivity (Wildman–Crippen MR) is 128 cm³/mol. The van der Waals surface area contributed by atoms with Crippen molar-refractivity contribution in [3.63, 3.8) is 0 Å². The third-order valence-electron chi connectivity index (χ3n) is 3.82. The average molecular weight is 519 g/mol. The highest BCUT2D eigenvalue weighted by molar-refractivity contribution is 14.0. The van der Waals surface area contributed by atoms with Crippen LogP contribution in [0.3, 0.4) is 0 Å². The number of hydrogen-bond acceptors (Lipinski definition) is 6. The molecule has 0 spiro atoms. The molecule has 0 aliphatic heterocycles. The van der Waals surface area contributed by atoms with Crippen molar-refractivity contribution in [2.24, 2.45) is 4.99 Å². The lowest BCUT2D eigenvalue weighted by atomic mass is 10.1. The van der Waals surface area contributed by atoms with Gasteiger partial charge in [-0.05, 0) is 31.0 Å². The van der Waals surface area contributed by atoms with Gasteiger partial charge in [0, 0.05) is 32.6 Å². The van der Waals surface area contributed by atoms with Crippen molar-refractivity contribution in [3.05, 3.63) is 34.8 Å². The van der Waals surface area contributed by atoms with Crippen LogP contribution in [0.15, 0.2) is 28.6 Å². The zero-order valence-corrected chi connectivity index (χ0v) is 20.3. The first-order valence-electron chi connectivity index (χ1n) is 8.92. The molecule has 0 fully saturated rings. The van der Waals surface area contributed by atoms with Crippen molar-refractivity contribution < 1.29 is 9.47 Å². The molecule has 2 N–H and O–H groups in total. The first-order valence-corrected chi connectivity index (χ1v) is 9.80. The number of rotatable bonds is 9. The van der Waals surface area contributed by atoms with Gasteiger partial charge in [-0.25, -0.2) is 9.98 Å². The molecule has 156 valence electrons. The van der Waals surface area contributed by atoms with E-state index in [1.807, 2.05) is 42.6 Å². The number of benzene rings is 1. The van der Waals surface area contributed by atoms with E-state index < -0.39 is 0 Å². The van der Waals surface area contributed by atoms with Crippen LogP contribution >= 0.6 is 35.3 Å². The lowest BCUT2D eigenvalue weighted by Gasteiger charge is -2.12. The monoisotopic (exact) mass is 519 g/mol. The van der Waals surface area contributed by atoms with Gasteiger partial charge in [-0.2, -0.15) is 0 Å². The standard InChI is InChI=1S/C19H29N5O2S.HI/c1-6-20-18(22-12-15-13-27-19(23-15)24(2)3)21-10-9-14-7-8-16(25-4)17(11-14)26-5;/h7-8,11,13H,6,9-10,12H2,1-5H3,(H2,20,21,22);1H. The number of nitrogens with zero attached hydrogens (tertiary/aromatic N) is 3. The topological polar surface area (TPSA) is 71.0 Å². The van der Waals surface area contributed by atoms with Crippen LogP contribution in [0.4, 0.5) is 5.13 Å². The Hall–Kier alpha value is -1.75. The fraction of sp³-hybridized carbons (Fsp3) is 0.474. The minimum atomic E-state index is 0. The van der Waals surface area contributed by atoms with Gasteiger partial charge < -0.3 is 25.0 Å². The van der Waals surface area contributed by atoms with Gasteiger partial charge in [0.2, 0.25) is 0 Å². The Morgan fingerprint density at radius 1 is 1.18 bits per heavy atom. The van der Waals surface area contributed by atoms with Gasteiger partial charge in [-0.15, -0.1) is 35.3 Å². The molecule has 0 radical (unpaired) electrons. The highest BCUT2D eigenvalue weighted by Crippen LogP contribution is 2.27. The Balaban J connectivity index is 0.00000392. The van der Waals surface area contributed by atoms with Crippen molar-refractivity contribution in [1.29, 1.82) is 0 Å². The Bertz CT molecular complexity index is 752. The lowest BCUT2D eigenvalue weighted by molar-refractivity contribution is 0.354. The van der Waals surface area contributed by atoms with Crippen LogP contribution in [-0.2, 0) is 13.0 Å². The number of nitrogens with one attached hydrogen (secondary N) is 2. The van der Waals surface area contributed by atoms with Crippen LogP contribution < -0.4 is 25.0 Å². The van der Waals surface area contributed by atoms with E-state index in [0.29, 0.717) is 6.54 Å². The van der Waals surface area contributed by atoms with E-state index in [1.54, 1.807) is 25.6 Å². The van der Waals surface area contributed by atoms with Gasteiger partial charge in [0.1, 0.15) is 0 Å². The molecule has 1 aromatic heterocycles. The maximum atomic E-state index is 5.36. The van der Waals surface area contributed by atoms with Crippen LogP contribution in [0.5, 0.6) is 11.5 Å². The van der Waals surface area contributed by atoms with Crippen molar-refractivity contribution in [3.8, 4) is 11.5 Å². The molecular formula is C19H30IN5O2S. The molecule has 0 bridgehead atoms. The molecule has 0 atom stereocenters. The Kier molecular flexibility index (Phi) is 11.0. The molecule has 2 rings (SSSR count). The summed E-state index contributed by atoms with van der Waals surface area (Å²) < 4.78 is 10.6. The summed E-state index contributed by atoms with van der Waals surface area (Å²) in [4.78, 5) is 11.2. The van der Waals surface area contributed by atoms with Gasteiger partial charge in [-0.3, -0.25) is 0 Å². The summed E-state index contributed by atoms with van der Waals surface area (Å²) in [6.07, 6.45) is 0.853. The molecular weight excluding hydrogens is 489 g/mol. The van der Waals surface area contributed by atoms with E-state index in [-0.39, 0.29) is 24.0 Å². The van der Waals surface area contributed by atoms with Crippen molar-refractivity contribution in [2.75, 3.05) is 46.3 Å². The second kappa shape index (κ2) is 12.7. The van der Waals surface area contributed by atoms with Gasteiger partial charge in [-0.1, -0.05) is 6.07 Å². The van der Waals surface area contributed by atoms with Crippen LogP contribution in [0.1, 0.15) is 18.2 Å². The third kappa shape index (κ3) is 7.34. The number of aliphatic imine (C=N–C) groups is 1. The lowest BCUT2D eigenvalue weighted by Crippen LogP contribution is -2.38. The van der Waals surface area contributed by atoms with E-state index in [9.17, 15) is 0 Å². The largest absolute Gasteiger partial charge is 0.493 e. The number of hydrogen-bond donors (Lipinski definition) is 2. The molecule has 1 aromatic carbocycles. The summed E-state index contributed by atoms with van der Waals surface area (Å²) in [5, 5.41) is 9.68. The minimum absolute atomic E-state index is 0. The Morgan fingerprint density at radius 3 is 2.54 bits per heavy atom. The number of methoxy groups -OCH3 is 2. The third-order valence-corrected chi connectivity index (χ3v) is 4.88. The average Bonchev–Trinajstić information content (AvgIpc) is 3.15.